The van der Waals surface area contributed by atoms with Gasteiger partial charge in [0.1, 0.15) is 6.54 Å². The molecule has 130 valence electrons. The molecule has 0 fully saturated rings. The standard InChI is InChI=1S/C20H23N3O2/c1-3-9-16(15-10-5-4-6-11-15)21-19(24)14-23-18-13-8-7-12-17(18)22(2)20(23)25/h4-8,10-13,16H,3,9,14H2,1-2H3,(H,21,24)/t16-/m0/s1. The summed E-state index contributed by atoms with van der Waals surface area (Å²) in [4.78, 5) is 25.0. The minimum Gasteiger partial charge on any atom is -0.348 e. The van der Waals surface area contributed by atoms with Crippen molar-refractivity contribution >= 4 is 16.9 Å². The van der Waals surface area contributed by atoms with Crippen LogP contribution < -0.4 is 11.0 Å². The zero-order valence-corrected chi connectivity index (χ0v) is 14.6. The van der Waals surface area contributed by atoms with E-state index in [9.17, 15) is 9.59 Å². The molecule has 0 saturated heterocycles. The molecule has 0 spiro atoms. The Morgan fingerprint density at radius 3 is 2.36 bits per heavy atom. The van der Waals surface area contributed by atoms with Crippen LogP contribution in [-0.2, 0) is 18.4 Å². The summed E-state index contributed by atoms with van der Waals surface area (Å²) >= 11 is 0. The highest BCUT2D eigenvalue weighted by atomic mass is 16.2. The van der Waals surface area contributed by atoms with Crippen molar-refractivity contribution in [1.29, 1.82) is 0 Å². The van der Waals surface area contributed by atoms with Gasteiger partial charge in [-0.25, -0.2) is 4.79 Å². The predicted octanol–water partition coefficient (Wildman–Crippen LogP) is 3.00. The van der Waals surface area contributed by atoms with Gasteiger partial charge >= 0.3 is 5.69 Å². The Hall–Kier alpha value is -2.82. The second-order valence-corrected chi connectivity index (χ2v) is 6.24. The lowest BCUT2D eigenvalue weighted by Gasteiger charge is -2.18. The molecule has 1 atom stereocenters. The lowest BCUT2D eigenvalue weighted by Crippen LogP contribution is -2.35. The van der Waals surface area contributed by atoms with Crippen molar-refractivity contribution < 1.29 is 4.79 Å². The molecule has 1 heterocycles. The van der Waals surface area contributed by atoms with Crippen LogP contribution in [0.3, 0.4) is 0 Å². The van der Waals surface area contributed by atoms with Crippen LogP contribution in [0.25, 0.3) is 11.0 Å². The van der Waals surface area contributed by atoms with Crippen molar-refractivity contribution in [3.63, 3.8) is 0 Å². The fraction of sp³-hybridized carbons (Fsp3) is 0.300. The molecule has 0 aliphatic rings. The fourth-order valence-corrected chi connectivity index (χ4v) is 3.20. The maximum absolute atomic E-state index is 12.6. The Kier molecular flexibility index (Phi) is 5.03. The van der Waals surface area contributed by atoms with Gasteiger partial charge in [-0.15, -0.1) is 0 Å². The maximum Gasteiger partial charge on any atom is 0.329 e. The van der Waals surface area contributed by atoms with Crippen LogP contribution in [0.5, 0.6) is 0 Å². The summed E-state index contributed by atoms with van der Waals surface area (Å²) in [7, 11) is 1.73. The van der Waals surface area contributed by atoms with Gasteiger partial charge in [0, 0.05) is 7.05 Å². The topological polar surface area (TPSA) is 56.0 Å². The van der Waals surface area contributed by atoms with Gasteiger partial charge in [-0.05, 0) is 24.1 Å². The third-order valence-corrected chi connectivity index (χ3v) is 4.47. The number of carbonyl (C=O) groups excluding carboxylic acids is 1. The van der Waals surface area contributed by atoms with Gasteiger partial charge in [0.2, 0.25) is 5.91 Å². The molecule has 0 unspecified atom stereocenters. The smallest absolute Gasteiger partial charge is 0.329 e. The van der Waals surface area contributed by atoms with E-state index in [-0.39, 0.29) is 24.2 Å². The SMILES string of the molecule is CCC[C@H](NC(=O)Cn1c(=O)n(C)c2ccccc21)c1ccccc1. The lowest BCUT2D eigenvalue weighted by atomic mass is 10.0. The van der Waals surface area contributed by atoms with Gasteiger partial charge in [0.25, 0.3) is 0 Å². The van der Waals surface area contributed by atoms with Crippen LogP contribution in [-0.4, -0.2) is 15.0 Å². The highest BCUT2D eigenvalue weighted by Crippen LogP contribution is 2.18. The minimum atomic E-state index is -0.178. The number of hydrogen-bond donors (Lipinski definition) is 1. The Labute approximate surface area is 146 Å². The Morgan fingerprint density at radius 2 is 1.68 bits per heavy atom. The van der Waals surface area contributed by atoms with Crippen molar-refractivity contribution in [2.45, 2.75) is 32.4 Å². The number of amides is 1. The van der Waals surface area contributed by atoms with Crippen molar-refractivity contribution in [3.05, 3.63) is 70.6 Å². The van der Waals surface area contributed by atoms with E-state index in [0.29, 0.717) is 0 Å². The number of fused-ring (bicyclic) bond motifs is 1. The molecular weight excluding hydrogens is 314 g/mol. The summed E-state index contributed by atoms with van der Waals surface area (Å²) in [6.07, 6.45) is 1.83. The average molecular weight is 337 g/mol. The first-order valence-corrected chi connectivity index (χ1v) is 8.60. The van der Waals surface area contributed by atoms with Crippen LogP contribution in [0.4, 0.5) is 0 Å². The van der Waals surface area contributed by atoms with Crippen LogP contribution >= 0.6 is 0 Å². The summed E-state index contributed by atoms with van der Waals surface area (Å²) < 4.78 is 3.10. The van der Waals surface area contributed by atoms with Crippen molar-refractivity contribution in [3.8, 4) is 0 Å². The van der Waals surface area contributed by atoms with E-state index >= 15 is 0 Å². The molecule has 1 aromatic heterocycles. The molecule has 3 aromatic rings. The monoisotopic (exact) mass is 337 g/mol. The second kappa shape index (κ2) is 7.38. The molecule has 1 N–H and O–H groups in total. The third-order valence-electron chi connectivity index (χ3n) is 4.47. The molecule has 0 bridgehead atoms. The van der Waals surface area contributed by atoms with Gasteiger partial charge in [0.15, 0.2) is 0 Å². The average Bonchev–Trinajstić information content (AvgIpc) is 2.87. The van der Waals surface area contributed by atoms with E-state index in [1.165, 1.54) is 4.57 Å². The number of nitrogens with zero attached hydrogens (tertiary/aromatic N) is 2. The highest BCUT2D eigenvalue weighted by Gasteiger charge is 2.17. The summed E-state index contributed by atoms with van der Waals surface area (Å²) in [6, 6.07) is 17.4. The van der Waals surface area contributed by atoms with Crippen LogP contribution in [0.15, 0.2) is 59.4 Å². The van der Waals surface area contributed by atoms with E-state index < -0.39 is 0 Å². The minimum absolute atomic E-state index is 0.0211. The zero-order chi connectivity index (χ0) is 17.8. The van der Waals surface area contributed by atoms with Gasteiger partial charge in [-0.1, -0.05) is 55.8 Å². The number of aromatic nitrogens is 2. The first-order valence-electron chi connectivity index (χ1n) is 8.60. The molecule has 1 amide bonds. The number of carbonyl (C=O) groups is 1. The number of imidazole rings is 1. The predicted molar refractivity (Wildman–Crippen MR) is 99.4 cm³/mol. The van der Waals surface area contributed by atoms with Gasteiger partial charge in [0.05, 0.1) is 17.1 Å². The molecule has 2 aromatic carbocycles. The zero-order valence-electron chi connectivity index (χ0n) is 14.6. The lowest BCUT2D eigenvalue weighted by molar-refractivity contribution is -0.122. The molecule has 0 aliphatic carbocycles. The number of nitrogens with one attached hydrogen (secondary N) is 1. The summed E-state index contributed by atoms with van der Waals surface area (Å²) in [5, 5.41) is 3.08. The number of hydrogen-bond acceptors (Lipinski definition) is 2. The van der Waals surface area contributed by atoms with Crippen molar-refractivity contribution in [2.75, 3.05) is 0 Å². The summed E-state index contributed by atoms with van der Waals surface area (Å²) in [5.74, 6) is -0.152. The first-order chi connectivity index (χ1) is 12.1. The van der Waals surface area contributed by atoms with E-state index in [1.54, 1.807) is 11.6 Å². The van der Waals surface area contributed by atoms with Gasteiger partial charge < -0.3 is 5.32 Å². The Bertz CT molecular complexity index is 925. The maximum atomic E-state index is 12.6. The fourth-order valence-electron chi connectivity index (χ4n) is 3.20. The third kappa shape index (κ3) is 3.50. The summed E-state index contributed by atoms with van der Waals surface area (Å²) in [6.45, 7) is 2.12. The van der Waals surface area contributed by atoms with Crippen molar-refractivity contribution in [1.82, 2.24) is 14.5 Å². The van der Waals surface area contributed by atoms with Crippen molar-refractivity contribution in [2.24, 2.45) is 7.05 Å². The van der Waals surface area contributed by atoms with E-state index in [2.05, 4.69) is 12.2 Å². The van der Waals surface area contributed by atoms with Gasteiger partial charge in [-0.2, -0.15) is 0 Å². The molecule has 0 radical (unpaired) electrons. The summed E-state index contributed by atoms with van der Waals surface area (Å²) in [5.41, 5.74) is 2.51. The van der Waals surface area contributed by atoms with E-state index in [0.717, 1.165) is 29.4 Å². The van der Waals surface area contributed by atoms with E-state index in [4.69, 9.17) is 0 Å². The first kappa shape index (κ1) is 17.0. The Balaban J connectivity index is 1.83. The highest BCUT2D eigenvalue weighted by molar-refractivity contribution is 5.81. The molecule has 0 aliphatic heterocycles. The quantitative estimate of drug-likeness (QED) is 0.752. The molecule has 25 heavy (non-hydrogen) atoms. The molecule has 5 heteroatoms. The molecule has 0 saturated carbocycles. The largest absolute Gasteiger partial charge is 0.348 e. The van der Waals surface area contributed by atoms with Crippen LogP contribution in [0, 0.1) is 0 Å². The number of para-hydroxylation sites is 2. The number of benzene rings is 2. The normalized spacial score (nSPS) is 12.2. The van der Waals surface area contributed by atoms with E-state index in [1.807, 2.05) is 54.6 Å². The molecule has 5 nitrogen and oxygen atoms in total. The number of aryl methyl sites for hydroxylation is 1. The second-order valence-electron chi connectivity index (χ2n) is 6.24. The number of rotatable bonds is 6. The molecule has 3 rings (SSSR count). The molecular formula is C20H23N3O2. The van der Waals surface area contributed by atoms with Crippen LogP contribution in [0.1, 0.15) is 31.4 Å². The van der Waals surface area contributed by atoms with Crippen LogP contribution in [0.2, 0.25) is 0 Å². The Morgan fingerprint density at radius 1 is 1.04 bits per heavy atom. The van der Waals surface area contributed by atoms with Gasteiger partial charge in [-0.3, -0.25) is 13.9 Å².